The fourth-order valence-corrected chi connectivity index (χ4v) is 3.55. The molecule has 0 radical (unpaired) electrons. The van der Waals surface area contributed by atoms with Crippen LogP contribution in [0.5, 0.6) is 0 Å². The maximum Gasteiger partial charge on any atom is 0.417 e. The summed E-state index contributed by atoms with van der Waals surface area (Å²) in [6.45, 7) is -0.778. The van der Waals surface area contributed by atoms with Gasteiger partial charge < -0.3 is 10.0 Å². The first kappa shape index (κ1) is 23.0. The number of hydrogen-bond acceptors (Lipinski definition) is 2. The largest absolute Gasteiger partial charge is 0.465 e. The van der Waals surface area contributed by atoms with Gasteiger partial charge in [0.1, 0.15) is 0 Å². The van der Waals surface area contributed by atoms with Crippen molar-refractivity contribution < 1.29 is 36.6 Å². The number of carbonyl (C=O) groups excluding carboxylic acids is 1. The molecule has 1 fully saturated rings. The van der Waals surface area contributed by atoms with Crippen LogP contribution in [0.4, 0.5) is 26.7 Å². The average Bonchev–Trinajstić information content (AvgIpc) is 2.66. The van der Waals surface area contributed by atoms with Crippen LogP contribution in [-0.2, 0) is 5.67 Å². The van der Waals surface area contributed by atoms with Crippen molar-refractivity contribution in [1.29, 1.82) is 0 Å². The van der Waals surface area contributed by atoms with Gasteiger partial charge in [0.05, 0.1) is 28.7 Å². The molecule has 0 unspecified atom stereocenters. The highest BCUT2D eigenvalue weighted by molar-refractivity contribution is 6.35. The van der Waals surface area contributed by atoms with E-state index in [4.69, 9.17) is 28.3 Å². The normalized spacial score (nSPS) is 16.1. The highest BCUT2D eigenvalue weighted by Gasteiger charge is 2.47. The summed E-state index contributed by atoms with van der Waals surface area (Å²) in [6, 6.07) is 6.10. The first-order chi connectivity index (χ1) is 14.3. The molecule has 1 saturated heterocycles. The Bertz CT molecular complexity index is 1050. The lowest BCUT2D eigenvalue weighted by Gasteiger charge is -2.42. The molecule has 1 aliphatic heterocycles. The Morgan fingerprint density at radius 2 is 1.55 bits per heavy atom. The zero-order chi connectivity index (χ0) is 23.1. The third-order valence-corrected chi connectivity index (χ3v) is 5.27. The number of nitrogens with zero attached hydrogens (tertiary/aromatic N) is 1. The zero-order valence-electron chi connectivity index (χ0n) is 15.3. The maximum absolute atomic E-state index is 14.7. The van der Waals surface area contributed by atoms with Gasteiger partial charge in [-0.1, -0.05) is 47.5 Å². The molecule has 1 N–H and O–H groups in total. The van der Waals surface area contributed by atoms with Gasteiger partial charge in [-0.3, -0.25) is 4.79 Å². The number of likely N-dealkylation sites (tertiary alicyclic amines) is 1. The van der Waals surface area contributed by atoms with Gasteiger partial charge in [-0.05, 0) is 29.3 Å². The van der Waals surface area contributed by atoms with Crippen LogP contribution in [0.25, 0.3) is 5.57 Å². The zero-order valence-corrected chi connectivity index (χ0v) is 16.8. The second-order valence-corrected chi connectivity index (χ2v) is 7.67. The smallest absolute Gasteiger partial charge is 0.417 e. The number of rotatable bonds is 4. The summed E-state index contributed by atoms with van der Waals surface area (Å²) in [5.74, 6) is -2.13. The lowest BCUT2D eigenvalue weighted by atomic mass is 9.87. The Hall–Kier alpha value is -2.65. The van der Waals surface area contributed by atoms with Crippen molar-refractivity contribution in [3.63, 3.8) is 0 Å². The Balaban J connectivity index is 1.89. The number of carboxylic acid groups (broad SMARTS) is 1. The lowest BCUT2D eigenvalue weighted by Crippen LogP contribution is -2.58. The molecule has 4 nitrogen and oxygen atoms in total. The molecular weight excluding hydrogens is 468 g/mol. The van der Waals surface area contributed by atoms with E-state index in [1.165, 1.54) is 12.1 Å². The van der Waals surface area contributed by atoms with E-state index in [0.717, 1.165) is 17.0 Å². The molecule has 11 heteroatoms. The minimum atomic E-state index is -4.98. The summed E-state index contributed by atoms with van der Waals surface area (Å²) in [5, 5.41) is 7.52. The Morgan fingerprint density at radius 3 is 2.00 bits per heavy atom. The first-order valence-electron chi connectivity index (χ1n) is 8.57. The Labute approximate surface area is 182 Å². The summed E-state index contributed by atoms with van der Waals surface area (Å²) in [4.78, 5) is 24.0. The van der Waals surface area contributed by atoms with Gasteiger partial charge in [-0.15, -0.1) is 0 Å². The van der Waals surface area contributed by atoms with E-state index in [9.17, 15) is 31.5 Å². The van der Waals surface area contributed by atoms with Crippen LogP contribution in [0, 0.1) is 5.82 Å². The van der Waals surface area contributed by atoms with Crippen molar-refractivity contribution in [2.75, 3.05) is 13.1 Å². The van der Waals surface area contributed by atoms with Crippen molar-refractivity contribution in [1.82, 2.24) is 4.90 Å². The van der Waals surface area contributed by atoms with E-state index in [-0.39, 0.29) is 24.2 Å². The number of halogens is 7. The Morgan fingerprint density at radius 1 is 1.03 bits per heavy atom. The molecular formula is C20H12Cl2F5NO3. The summed E-state index contributed by atoms with van der Waals surface area (Å²) >= 11 is 11.1. The number of alkyl halides is 4. The molecule has 0 bridgehead atoms. The van der Waals surface area contributed by atoms with Crippen molar-refractivity contribution in [3.8, 4) is 0 Å². The van der Waals surface area contributed by atoms with Gasteiger partial charge in [0, 0.05) is 5.56 Å². The van der Waals surface area contributed by atoms with Crippen molar-refractivity contribution in [2.24, 2.45) is 0 Å². The number of ketones is 1. The van der Waals surface area contributed by atoms with E-state index in [0.29, 0.717) is 18.2 Å². The fourth-order valence-electron chi connectivity index (χ4n) is 3.06. The molecule has 3 rings (SSSR count). The molecule has 2 aromatic carbocycles. The van der Waals surface area contributed by atoms with Gasteiger partial charge in [0.2, 0.25) is 0 Å². The van der Waals surface area contributed by atoms with Crippen LogP contribution in [-0.4, -0.2) is 41.1 Å². The minimum absolute atomic E-state index is 0.0960. The van der Waals surface area contributed by atoms with E-state index < -0.39 is 50.7 Å². The van der Waals surface area contributed by atoms with E-state index in [2.05, 4.69) is 0 Å². The second-order valence-electron chi connectivity index (χ2n) is 6.86. The minimum Gasteiger partial charge on any atom is -0.465 e. The number of hydrogen-bond donors (Lipinski definition) is 1. The van der Waals surface area contributed by atoms with Gasteiger partial charge in [0.25, 0.3) is 0 Å². The standard InChI is InChI=1S/C20H12Cl2F5NO3/c21-14-5-11(6-15(22)17(14)23)13(20(25,26)27)7-16(29)10-1-3-12(4-2-10)19(24)8-28(9-19)18(30)31/h1-7H,8-9H2,(H,30,31). The van der Waals surface area contributed by atoms with Crippen LogP contribution in [0.15, 0.2) is 42.5 Å². The third-order valence-electron chi connectivity index (χ3n) is 4.72. The molecule has 1 amide bonds. The molecule has 0 atom stereocenters. The molecule has 2 aromatic rings. The summed E-state index contributed by atoms with van der Waals surface area (Å²) in [5.41, 5.74) is -3.99. The van der Waals surface area contributed by atoms with E-state index in [1.807, 2.05) is 0 Å². The van der Waals surface area contributed by atoms with Crippen molar-refractivity contribution in [2.45, 2.75) is 11.8 Å². The molecule has 0 saturated carbocycles. The molecule has 1 heterocycles. The van der Waals surface area contributed by atoms with Crippen LogP contribution in [0.3, 0.4) is 0 Å². The molecule has 164 valence electrons. The number of benzene rings is 2. The van der Waals surface area contributed by atoms with Gasteiger partial charge >= 0.3 is 12.3 Å². The maximum atomic E-state index is 14.7. The summed E-state index contributed by atoms with van der Waals surface area (Å²) < 4.78 is 68.8. The summed E-state index contributed by atoms with van der Waals surface area (Å²) in [6.07, 6.45) is -5.93. The van der Waals surface area contributed by atoms with E-state index >= 15 is 0 Å². The third kappa shape index (κ3) is 4.67. The molecule has 0 aliphatic carbocycles. The molecule has 31 heavy (non-hydrogen) atoms. The predicted octanol–water partition coefficient (Wildman–Crippen LogP) is 6.12. The highest BCUT2D eigenvalue weighted by Crippen LogP contribution is 2.38. The van der Waals surface area contributed by atoms with Gasteiger partial charge in [-0.2, -0.15) is 13.2 Å². The fraction of sp³-hybridized carbons (Fsp3) is 0.200. The lowest BCUT2D eigenvalue weighted by molar-refractivity contribution is -0.0689. The number of carbonyl (C=O) groups is 2. The van der Waals surface area contributed by atoms with Crippen molar-refractivity contribution in [3.05, 3.63) is 75.0 Å². The average molecular weight is 480 g/mol. The van der Waals surface area contributed by atoms with Crippen LogP contribution in [0.2, 0.25) is 10.0 Å². The first-order valence-corrected chi connectivity index (χ1v) is 9.33. The van der Waals surface area contributed by atoms with E-state index in [1.54, 1.807) is 0 Å². The monoisotopic (exact) mass is 479 g/mol. The second kappa shape index (κ2) is 8.12. The topological polar surface area (TPSA) is 57.6 Å². The SMILES string of the molecule is O=C(C=C(c1cc(Cl)c(F)c(Cl)c1)C(F)(F)F)c1ccc(C2(F)CN(C(=O)O)C2)cc1. The summed E-state index contributed by atoms with van der Waals surface area (Å²) in [7, 11) is 0. The number of amides is 1. The quantitative estimate of drug-likeness (QED) is 0.248. The van der Waals surface area contributed by atoms with Gasteiger partial charge in [-0.25, -0.2) is 13.6 Å². The van der Waals surface area contributed by atoms with Gasteiger partial charge in [0.15, 0.2) is 17.3 Å². The Kier molecular flexibility index (Phi) is 6.03. The number of allylic oxidation sites excluding steroid dienone is 2. The van der Waals surface area contributed by atoms with Crippen LogP contribution >= 0.6 is 23.2 Å². The molecule has 0 spiro atoms. The van der Waals surface area contributed by atoms with Crippen LogP contribution < -0.4 is 0 Å². The van der Waals surface area contributed by atoms with Crippen molar-refractivity contribution >= 4 is 40.7 Å². The highest BCUT2D eigenvalue weighted by atomic mass is 35.5. The van der Waals surface area contributed by atoms with Crippen LogP contribution in [0.1, 0.15) is 21.5 Å². The molecule has 1 aliphatic rings. The molecule has 0 aromatic heterocycles. The predicted molar refractivity (Wildman–Crippen MR) is 104 cm³/mol.